The molecule has 1 aliphatic rings. The van der Waals surface area contributed by atoms with Crippen molar-refractivity contribution in [2.75, 3.05) is 0 Å². The number of nitrogens with zero attached hydrogens (tertiary/aromatic N) is 1. The number of rotatable bonds is 1. The van der Waals surface area contributed by atoms with Gasteiger partial charge in [0, 0.05) is 18.2 Å². The Morgan fingerprint density at radius 1 is 1.06 bits per heavy atom. The second kappa shape index (κ2) is 7.88. The van der Waals surface area contributed by atoms with Crippen molar-refractivity contribution >= 4 is 5.91 Å². The van der Waals surface area contributed by atoms with E-state index in [1.165, 1.54) is 0 Å². The van der Waals surface area contributed by atoms with E-state index in [0.29, 0.717) is 6.04 Å². The molecule has 0 saturated carbocycles. The third-order valence-electron chi connectivity index (χ3n) is 2.47. The molecule has 1 aromatic carbocycles. The molecule has 0 aromatic heterocycles. The van der Waals surface area contributed by atoms with E-state index in [1.807, 2.05) is 70.7 Å². The minimum absolute atomic E-state index is 0.172. The Balaban J connectivity index is 0.000000581. The van der Waals surface area contributed by atoms with Crippen molar-refractivity contribution in [1.29, 1.82) is 0 Å². The maximum atomic E-state index is 11.8. The van der Waals surface area contributed by atoms with Crippen molar-refractivity contribution in [2.45, 2.75) is 54.1 Å². The smallest absolute Gasteiger partial charge is 0.254 e. The molecule has 0 atom stereocenters. The molecule has 0 bridgehead atoms. The van der Waals surface area contributed by atoms with Crippen LogP contribution in [0.4, 0.5) is 0 Å². The molecule has 17 heavy (non-hydrogen) atoms. The normalized spacial score (nSPS) is 12.4. The summed E-state index contributed by atoms with van der Waals surface area (Å²) in [5.41, 5.74) is 2.03. The Hall–Kier alpha value is -1.31. The number of amides is 1. The van der Waals surface area contributed by atoms with Gasteiger partial charge in [-0.15, -0.1) is 0 Å². The van der Waals surface area contributed by atoms with E-state index in [4.69, 9.17) is 0 Å². The zero-order valence-electron chi connectivity index (χ0n) is 11.9. The van der Waals surface area contributed by atoms with Crippen LogP contribution < -0.4 is 0 Å². The van der Waals surface area contributed by atoms with Gasteiger partial charge >= 0.3 is 0 Å². The van der Waals surface area contributed by atoms with Gasteiger partial charge in [0.15, 0.2) is 0 Å². The molecule has 0 fully saturated rings. The summed E-state index contributed by atoms with van der Waals surface area (Å²) in [5.74, 6) is 0.172. The Morgan fingerprint density at radius 3 is 2.06 bits per heavy atom. The van der Waals surface area contributed by atoms with Crippen molar-refractivity contribution < 1.29 is 4.79 Å². The van der Waals surface area contributed by atoms with Gasteiger partial charge in [0.25, 0.3) is 5.91 Å². The minimum Gasteiger partial charge on any atom is -0.332 e. The molecule has 0 spiro atoms. The largest absolute Gasteiger partial charge is 0.332 e. The zero-order chi connectivity index (χ0) is 13.4. The highest BCUT2D eigenvalue weighted by atomic mass is 16.2. The number of hydrogen-bond donors (Lipinski definition) is 0. The highest BCUT2D eigenvalue weighted by Crippen LogP contribution is 2.23. The van der Waals surface area contributed by atoms with Crippen LogP contribution in [0.3, 0.4) is 0 Å². The second-order valence-corrected chi connectivity index (χ2v) is 3.68. The average molecular weight is 235 g/mol. The minimum atomic E-state index is 0.172. The third-order valence-corrected chi connectivity index (χ3v) is 2.47. The molecule has 1 aliphatic heterocycles. The summed E-state index contributed by atoms with van der Waals surface area (Å²) >= 11 is 0. The van der Waals surface area contributed by atoms with Gasteiger partial charge in [-0.1, -0.05) is 45.9 Å². The Labute approximate surface area is 106 Å². The summed E-state index contributed by atoms with van der Waals surface area (Å²) in [6.45, 7) is 12.9. The molecule has 2 rings (SSSR count). The van der Waals surface area contributed by atoms with Crippen LogP contribution in [0.1, 0.15) is 57.5 Å². The molecule has 2 nitrogen and oxygen atoms in total. The van der Waals surface area contributed by atoms with Gasteiger partial charge in [-0.2, -0.15) is 0 Å². The summed E-state index contributed by atoms with van der Waals surface area (Å²) in [7, 11) is 0. The molecule has 1 aromatic rings. The van der Waals surface area contributed by atoms with Crippen LogP contribution in [0.25, 0.3) is 0 Å². The molecular weight excluding hydrogens is 210 g/mol. The first kappa shape index (κ1) is 15.7. The fourth-order valence-electron chi connectivity index (χ4n) is 1.69. The van der Waals surface area contributed by atoms with Crippen LogP contribution in [0.2, 0.25) is 0 Å². The standard InChI is InChI=1S/C11H13NO.2C2H6/c1-8(2)12-7-9-5-3-4-6-10(9)11(12)13;2*1-2/h3-6,8H,7H2,1-2H3;2*1-2H3. The van der Waals surface area contributed by atoms with Gasteiger partial charge in [-0.3, -0.25) is 4.79 Å². The monoisotopic (exact) mass is 235 g/mol. The van der Waals surface area contributed by atoms with Gasteiger partial charge in [0.05, 0.1) is 0 Å². The summed E-state index contributed by atoms with van der Waals surface area (Å²) in [6.07, 6.45) is 0. The maximum Gasteiger partial charge on any atom is 0.254 e. The van der Waals surface area contributed by atoms with Gasteiger partial charge in [0.2, 0.25) is 0 Å². The van der Waals surface area contributed by atoms with Gasteiger partial charge < -0.3 is 4.90 Å². The van der Waals surface area contributed by atoms with E-state index >= 15 is 0 Å². The molecule has 0 N–H and O–H groups in total. The molecule has 0 radical (unpaired) electrons. The van der Waals surface area contributed by atoms with Gasteiger partial charge in [0.1, 0.15) is 0 Å². The van der Waals surface area contributed by atoms with E-state index < -0.39 is 0 Å². The van der Waals surface area contributed by atoms with Crippen LogP contribution in [-0.4, -0.2) is 16.8 Å². The third kappa shape index (κ3) is 3.58. The zero-order valence-corrected chi connectivity index (χ0v) is 11.9. The lowest BCUT2D eigenvalue weighted by molar-refractivity contribution is 0.0730. The molecule has 0 aliphatic carbocycles. The summed E-state index contributed by atoms with van der Waals surface area (Å²) < 4.78 is 0. The predicted molar refractivity (Wildman–Crippen MR) is 74.1 cm³/mol. The highest BCUT2D eigenvalue weighted by Gasteiger charge is 2.27. The first-order valence-electron chi connectivity index (χ1n) is 6.59. The fraction of sp³-hybridized carbons (Fsp3) is 0.533. The van der Waals surface area contributed by atoms with Crippen molar-refractivity contribution in [1.82, 2.24) is 4.90 Å². The lowest BCUT2D eigenvalue weighted by Gasteiger charge is -2.19. The van der Waals surface area contributed by atoms with Crippen molar-refractivity contribution in [3.05, 3.63) is 35.4 Å². The first-order valence-corrected chi connectivity index (χ1v) is 6.59. The number of hydrogen-bond acceptors (Lipinski definition) is 1. The maximum absolute atomic E-state index is 11.8. The SMILES string of the molecule is CC.CC.CC(C)N1Cc2ccccc2C1=O. The van der Waals surface area contributed by atoms with Crippen LogP contribution in [0.5, 0.6) is 0 Å². The number of fused-ring (bicyclic) bond motifs is 1. The molecule has 1 amide bonds. The average Bonchev–Trinajstić information content (AvgIpc) is 2.73. The van der Waals surface area contributed by atoms with Gasteiger partial charge in [-0.25, -0.2) is 0 Å². The Kier molecular flexibility index (Phi) is 7.27. The quantitative estimate of drug-likeness (QED) is 0.717. The predicted octanol–water partition coefficient (Wildman–Crippen LogP) is 4.10. The van der Waals surface area contributed by atoms with Crippen LogP contribution in [0.15, 0.2) is 24.3 Å². The van der Waals surface area contributed by atoms with Gasteiger partial charge in [-0.05, 0) is 25.5 Å². The van der Waals surface area contributed by atoms with E-state index in [-0.39, 0.29) is 5.91 Å². The highest BCUT2D eigenvalue weighted by molar-refractivity contribution is 5.98. The molecular formula is C15H25NO. The number of benzene rings is 1. The fourth-order valence-corrected chi connectivity index (χ4v) is 1.69. The van der Waals surface area contributed by atoms with Crippen LogP contribution in [0, 0.1) is 0 Å². The molecule has 96 valence electrons. The van der Waals surface area contributed by atoms with Crippen molar-refractivity contribution in [2.24, 2.45) is 0 Å². The molecule has 1 heterocycles. The second-order valence-electron chi connectivity index (χ2n) is 3.68. The molecule has 0 saturated heterocycles. The van der Waals surface area contributed by atoms with E-state index in [9.17, 15) is 4.79 Å². The van der Waals surface area contributed by atoms with Crippen LogP contribution >= 0.6 is 0 Å². The van der Waals surface area contributed by atoms with E-state index in [1.54, 1.807) is 0 Å². The van der Waals surface area contributed by atoms with E-state index in [2.05, 4.69) is 0 Å². The van der Waals surface area contributed by atoms with E-state index in [0.717, 1.165) is 17.7 Å². The summed E-state index contributed by atoms with van der Waals surface area (Å²) in [4.78, 5) is 13.7. The Bertz CT molecular complexity index is 345. The number of carbonyl (C=O) groups excluding carboxylic acids is 1. The number of carbonyl (C=O) groups is 1. The lowest BCUT2D eigenvalue weighted by Crippen LogP contribution is -2.30. The summed E-state index contributed by atoms with van der Waals surface area (Å²) in [5, 5.41) is 0. The van der Waals surface area contributed by atoms with Crippen molar-refractivity contribution in [3.63, 3.8) is 0 Å². The lowest BCUT2D eigenvalue weighted by atomic mass is 10.1. The first-order chi connectivity index (χ1) is 8.20. The van der Waals surface area contributed by atoms with Crippen LogP contribution in [-0.2, 0) is 6.54 Å². The molecule has 2 heteroatoms. The molecule has 0 unspecified atom stereocenters. The summed E-state index contributed by atoms with van der Waals surface area (Å²) in [6, 6.07) is 8.12. The van der Waals surface area contributed by atoms with Crippen molar-refractivity contribution in [3.8, 4) is 0 Å². The topological polar surface area (TPSA) is 20.3 Å². The Morgan fingerprint density at radius 2 is 1.59 bits per heavy atom.